The summed E-state index contributed by atoms with van der Waals surface area (Å²) in [5, 5.41) is 8.63. The molecular weight excluding hydrogens is 396 g/mol. The van der Waals surface area contributed by atoms with E-state index in [-0.39, 0.29) is 17.0 Å². The largest absolute Gasteiger partial charge is 0.496 e. The molecule has 0 saturated heterocycles. The summed E-state index contributed by atoms with van der Waals surface area (Å²) in [4.78, 5) is 0. The zero-order valence-corrected chi connectivity index (χ0v) is 17.2. The molecule has 156 valence electrons. The zero-order chi connectivity index (χ0) is 20.5. The van der Waals surface area contributed by atoms with Gasteiger partial charge < -0.3 is 14.0 Å². The zero-order valence-electron chi connectivity index (χ0n) is 16.4. The average Bonchev–Trinajstić information content (AvgIpc) is 3.29. The second-order valence-electron chi connectivity index (χ2n) is 7.55. The lowest BCUT2D eigenvalue weighted by atomic mass is 9.71. The van der Waals surface area contributed by atoms with Gasteiger partial charge in [-0.1, -0.05) is 11.6 Å². The summed E-state index contributed by atoms with van der Waals surface area (Å²) in [5.41, 5.74) is 1.01. The quantitative estimate of drug-likeness (QED) is 0.567. The molecule has 0 bridgehead atoms. The van der Waals surface area contributed by atoms with E-state index in [1.807, 2.05) is 24.4 Å². The lowest BCUT2D eigenvalue weighted by Gasteiger charge is -2.40. The highest BCUT2D eigenvalue weighted by atomic mass is 32.2. The molecule has 0 amide bonds. The molecule has 1 aliphatic rings. The predicted molar refractivity (Wildman–Crippen MR) is 107 cm³/mol. The Balaban J connectivity index is 1.61. The third-order valence-electron chi connectivity index (χ3n) is 5.33. The molecule has 0 aliphatic heterocycles. The number of fused-ring (bicyclic) bond motifs is 1. The highest BCUT2D eigenvalue weighted by molar-refractivity contribution is 7.92. The number of nitrogens with zero attached hydrogens (tertiary/aromatic N) is 3. The Morgan fingerprint density at radius 1 is 1.31 bits per heavy atom. The SMILES string of the molecule is COCC1(CS(=O)(=O)Nc2noc3cc(Cn4cccn4)cc(OC)c23)CCC1. The number of rotatable bonds is 9. The molecular formula is C19H24N4O5S. The van der Waals surface area contributed by atoms with Gasteiger partial charge >= 0.3 is 0 Å². The van der Waals surface area contributed by atoms with Gasteiger partial charge in [-0.2, -0.15) is 5.10 Å². The third kappa shape index (κ3) is 4.08. The number of methoxy groups -OCH3 is 2. The Morgan fingerprint density at radius 2 is 2.14 bits per heavy atom. The number of aromatic nitrogens is 3. The van der Waals surface area contributed by atoms with Gasteiger partial charge in [0.05, 0.1) is 26.0 Å². The van der Waals surface area contributed by atoms with Gasteiger partial charge in [0.2, 0.25) is 10.0 Å². The third-order valence-corrected chi connectivity index (χ3v) is 6.83. The number of anilines is 1. The molecule has 0 radical (unpaired) electrons. The Kier molecular flexibility index (Phi) is 5.22. The van der Waals surface area contributed by atoms with Crippen molar-refractivity contribution in [2.24, 2.45) is 5.41 Å². The van der Waals surface area contributed by atoms with Crippen LogP contribution in [0.25, 0.3) is 11.0 Å². The maximum absolute atomic E-state index is 12.8. The van der Waals surface area contributed by atoms with Crippen LogP contribution in [0.3, 0.4) is 0 Å². The second kappa shape index (κ2) is 7.68. The molecule has 1 saturated carbocycles. The molecule has 9 nitrogen and oxygen atoms in total. The van der Waals surface area contributed by atoms with E-state index in [0.29, 0.717) is 29.9 Å². The van der Waals surface area contributed by atoms with Gasteiger partial charge in [0, 0.05) is 24.9 Å². The molecule has 0 atom stereocenters. The number of hydrogen-bond donors (Lipinski definition) is 1. The Bertz CT molecular complexity index is 1090. The average molecular weight is 420 g/mol. The van der Waals surface area contributed by atoms with Crippen LogP contribution < -0.4 is 9.46 Å². The molecule has 3 aromatic rings. The number of sulfonamides is 1. The Labute approximate surface area is 169 Å². The van der Waals surface area contributed by atoms with E-state index in [2.05, 4.69) is 15.0 Å². The van der Waals surface area contributed by atoms with Gasteiger partial charge in [0.15, 0.2) is 11.4 Å². The highest BCUT2D eigenvalue weighted by Crippen LogP contribution is 2.43. The summed E-state index contributed by atoms with van der Waals surface area (Å²) in [6, 6.07) is 5.48. The number of nitrogens with one attached hydrogen (secondary N) is 1. The van der Waals surface area contributed by atoms with E-state index in [0.717, 1.165) is 24.8 Å². The first kappa shape index (κ1) is 19.7. The van der Waals surface area contributed by atoms with Crippen molar-refractivity contribution in [2.45, 2.75) is 25.8 Å². The summed E-state index contributed by atoms with van der Waals surface area (Å²) >= 11 is 0. The van der Waals surface area contributed by atoms with E-state index in [4.69, 9.17) is 14.0 Å². The molecule has 4 rings (SSSR count). The van der Waals surface area contributed by atoms with Gasteiger partial charge in [-0.25, -0.2) is 8.42 Å². The molecule has 0 unspecified atom stereocenters. The summed E-state index contributed by atoms with van der Waals surface area (Å²) < 4.78 is 46.1. The first-order chi connectivity index (χ1) is 13.9. The van der Waals surface area contributed by atoms with Crippen molar-refractivity contribution in [3.8, 4) is 5.75 Å². The first-order valence-electron chi connectivity index (χ1n) is 9.37. The van der Waals surface area contributed by atoms with Crippen LogP contribution in [0.1, 0.15) is 24.8 Å². The summed E-state index contributed by atoms with van der Waals surface area (Å²) in [5.74, 6) is 0.607. The first-order valence-corrected chi connectivity index (χ1v) is 11.0. The fraction of sp³-hybridized carbons (Fsp3) is 0.474. The van der Waals surface area contributed by atoms with Crippen LogP contribution >= 0.6 is 0 Å². The molecule has 1 aromatic carbocycles. The van der Waals surface area contributed by atoms with Crippen LogP contribution in [0.15, 0.2) is 35.1 Å². The van der Waals surface area contributed by atoms with Crippen LogP contribution in [0.4, 0.5) is 5.82 Å². The Morgan fingerprint density at radius 3 is 2.76 bits per heavy atom. The smallest absolute Gasteiger partial charge is 0.234 e. The van der Waals surface area contributed by atoms with Crippen molar-refractivity contribution < 1.29 is 22.4 Å². The molecule has 1 fully saturated rings. The normalized spacial score (nSPS) is 15.9. The standard InChI is InChI=1S/C19H24N4O5S/c1-26-12-19(5-3-6-19)13-29(24,25)22-18-17-15(27-2)9-14(10-16(17)28-21-18)11-23-8-4-7-20-23/h4,7-10H,3,5-6,11-13H2,1-2H3,(H,21,22). The molecule has 10 heteroatoms. The minimum atomic E-state index is -3.64. The van der Waals surface area contributed by atoms with Crippen molar-refractivity contribution >= 4 is 26.8 Å². The van der Waals surface area contributed by atoms with Crippen LogP contribution in [0.2, 0.25) is 0 Å². The number of benzene rings is 1. The van der Waals surface area contributed by atoms with Crippen LogP contribution in [0.5, 0.6) is 5.75 Å². The molecule has 2 aromatic heterocycles. The summed E-state index contributed by atoms with van der Waals surface area (Å²) in [7, 11) is -0.513. The highest BCUT2D eigenvalue weighted by Gasteiger charge is 2.41. The van der Waals surface area contributed by atoms with Crippen molar-refractivity contribution in [3.05, 3.63) is 36.2 Å². The molecule has 2 heterocycles. The molecule has 0 spiro atoms. The molecule has 29 heavy (non-hydrogen) atoms. The van der Waals surface area contributed by atoms with Crippen molar-refractivity contribution in [1.82, 2.24) is 14.9 Å². The Hall–Kier alpha value is -2.59. The molecule has 1 N–H and O–H groups in total. The fourth-order valence-electron chi connectivity index (χ4n) is 3.89. The van der Waals surface area contributed by atoms with E-state index >= 15 is 0 Å². The lowest BCUT2D eigenvalue weighted by molar-refractivity contribution is 0.0358. The number of ether oxygens (including phenoxy) is 2. The van der Waals surface area contributed by atoms with Crippen LogP contribution in [-0.4, -0.2) is 49.9 Å². The predicted octanol–water partition coefficient (Wildman–Crippen LogP) is 2.64. The van der Waals surface area contributed by atoms with Crippen molar-refractivity contribution in [2.75, 3.05) is 31.3 Å². The molecule has 1 aliphatic carbocycles. The maximum Gasteiger partial charge on any atom is 0.234 e. The van der Waals surface area contributed by atoms with E-state index < -0.39 is 10.0 Å². The van der Waals surface area contributed by atoms with Crippen LogP contribution in [-0.2, 0) is 21.3 Å². The topological polar surface area (TPSA) is 108 Å². The van der Waals surface area contributed by atoms with E-state index in [1.165, 1.54) is 7.11 Å². The van der Waals surface area contributed by atoms with Gasteiger partial charge in [-0.15, -0.1) is 0 Å². The van der Waals surface area contributed by atoms with Gasteiger partial charge in [0.1, 0.15) is 11.1 Å². The number of hydrogen-bond acceptors (Lipinski definition) is 7. The minimum Gasteiger partial charge on any atom is -0.496 e. The lowest BCUT2D eigenvalue weighted by Crippen LogP contribution is -2.42. The monoisotopic (exact) mass is 420 g/mol. The van der Waals surface area contributed by atoms with E-state index in [1.54, 1.807) is 18.0 Å². The minimum absolute atomic E-state index is 0.0120. The van der Waals surface area contributed by atoms with Crippen LogP contribution in [0, 0.1) is 5.41 Å². The summed E-state index contributed by atoms with van der Waals surface area (Å²) in [6.45, 7) is 0.953. The maximum atomic E-state index is 12.8. The van der Waals surface area contributed by atoms with Gasteiger partial charge in [-0.05, 0) is 36.6 Å². The van der Waals surface area contributed by atoms with Gasteiger partial charge in [-0.3, -0.25) is 9.40 Å². The van der Waals surface area contributed by atoms with Gasteiger partial charge in [0.25, 0.3) is 0 Å². The van der Waals surface area contributed by atoms with Crippen molar-refractivity contribution in [1.29, 1.82) is 0 Å². The van der Waals surface area contributed by atoms with Crippen molar-refractivity contribution in [3.63, 3.8) is 0 Å². The van der Waals surface area contributed by atoms with E-state index in [9.17, 15) is 8.42 Å². The fourth-order valence-corrected chi connectivity index (χ4v) is 5.58. The second-order valence-corrected chi connectivity index (χ2v) is 9.28. The summed E-state index contributed by atoms with van der Waals surface area (Å²) in [6.07, 6.45) is 6.24.